The van der Waals surface area contributed by atoms with Crippen LogP contribution < -0.4 is 15.4 Å². The van der Waals surface area contributed by atoms with E-state index in [1.165, 1.54) is 11.0 Å². The van der Waals surface area contributed by atoms with Gasteiger partial charge in [-0.1, -0.05) is 12.1 Å². The number of hydrogen-bond donors (Lipinski definition) is 2. The van der Waals surface area contributed by atoms with Crippen molar-refractivity contribution in [2.75, 3.05) is 37.9 Å². The number of nitro groups is 1. The summed E-state index contributed by atoms with van der Waals surface area (Å²) in [6.45, 7) is 0.338. The Hall–Kier alpha value is -3.62. The second-order valence-electron chi connectivity index (χ2n) is 6.33. The number of carbonyl (C=O) groups is 2. The summed E-state index contributed by atoms with van der Waals surface area (Å²) in [7, 11) is 3.12. The fourth-order valence-corrected chi connectivity index (χ4v) is 2.61. The lowest BCUT2D eigenvalue weighted by atomic mass is 10.2. The van der Waals surface area contributed by atoms with E-state index in [0.717, 1.165) is 0 Å². The number of benzene rings is 2. The van der Waals surface area contributed by atoms with Crippen LogP contribution in [0.1, 0.15) is 12.8 Å². The Morgan fingerprint density at radius 1 is 1.14 bits per heavy atom. The molecule has 2 aromatic carbocycles. The van der Waals surface area contributed by atoms with Gasteiger partial charge in [-0.25, -0.2) is 0 Å². The molecule has 0 aromatic heterocycles. The summed E-state index contributed by atoms with van der Waals surface area (Å²) >= 11 is 0. The molecule has 0 spiro atoms. The van der Waals surface area contributed by atoms with Gasteiger partial charge in [-0.2, -0.15) is 0 Å². The molecule has 0 heterocycles. The number of nitro benzene ring substituents is 1. The van der Waals surface area contributed by atoms with Crippen molar-refractivity contribution in [2.45, 2.75) is 12.8 Å². The molecular weight excluding hydrogens is 376 g/mol. The Balaban J connectivity index is 1.73. The van der Waals surface area contributed by atoms with E-state index in [9.17, 15) is 19.7 Å². The maximum absolute atomic E-state index is 12.2. The molecule has 0 bridgehead atoms. The van der Waals surface area contributed by atoms with E-state index in [0.29, 0.717) is 30.1 Å². The molecule has 0 radical (unpaired) electrons. The molecule has 0 fully saturated rings. The van der Waals surface area contributed by atoms with Crippen LogP contribution in [-0.4, -0.2) is 48.9 Å². The normalized spacial score (nSPS) is 10.1. The van der Waals surface area contributed by atoms with E-state index in [2.05, 4.69) is 10.6 Å². The lowest BCUT2D eigenvalue weighted by molar-refractivity contribution is -0.384. The Morgan fingerprint density at radius 3 is 2.48 bits per heavy atom. The van der Waals surface area contributed by atoms with Crippen LogP contribution in [0.25, 0.3) is 0 Å². The number of methoxy groups -OCH3 is 1. The highest BCUT2D eigenvalue weighted by molar-refractivity contribution is 5.94. The molecule has 0 unspecified atom stereocenters. The lowest BCUT2D eigenvalue weighted by Gasteiger charge is -2.17. The molecule has 0 atom stereocenters. The molecule has 2 aromatic rings. The molecule has 0 aliphatic heterocycles. The van der Waals surface area contributed by atoms with Crippen molar-refractivity contribution in [1.82, 2.24) is 4.90 Å². The Labute approximate surface area is 168 Å². The molecule has 154 valence electrons. The summed E-state index contributed by atoms with van der Waals surface area (Å²) < 4.78 is 5.06. The lowest BCUT2D eigenvalue weighted by Crippen LogP contribution is -2.35. The molecule has 0 saturated carbocycles. The molecule has 9 heteroatoms. The number of likely N-dealkylation sites (N-methyl/N-ethyl adjacent to an activating group) is 1. The average molecular weight is 400 g/mol. The summed E-state index contributed by atoms with van der Waals surface area (Å²) in [4.78, 5) is 36.2. The van der Waals surface area contributed by atoms with Crippen LogP contribution in [0.4, 0.5) is 17.1 Å². The van der Waals surface area contributed by atoms with Crippen molar-refractivity contribution in [1.29, 1.82) is 0 Å². The third-order valence-electron chi connectivity index (χ3n) is 4.16. The van der Waals surface area contributed by atoms with Gasteiger partial charge in [0.2, 0.25) is 11.8 Å². The third kappa shape index (κ3) is 6.80. The maximum Gasteiger partial charge on any atom is 0.292 e. The zero-order chi connectivity index (χ0) is 21.2. The highest BCUT2D eigenvalue weighted by atomic mass is 16.6. The number of ether oxygens (including phenoxy) is 1. The van der Waals surface area contributed by atoms with Gasteiger partial charge in [0.15, 0.2) is 0 Å². The topological polar surface area (TPSA) is 114 Å². The molecule has 2 amide bonds. The van der Waals surface area contributed by atoms with E-state index in [-0.39, 0.29) is 30.5 Å². The van der Waals surface area contributed by atoms with Crippen LogP contribution in [0.3, 0.4) is 0 Å². The van der Waals surface area contributed by atoms with E-state index in [1.54, 1.807) is 56.6 Å². The number of carbonyl (C=O) groups excluding carboxylic acids is 2. The van der Waals surface area contributed by atoms with Gasteiger partial charge in [0, 0.05) is 31.8 Å². The number of nitrogens with one attached hydrogen (secondary N) is 2. The van der Waals surface area contributed by atoms with Crippen LogP contribution in [-0.2, 0) is 9.59 Å². The zero-order valence-corrected chi connectivity index (χ0v) is 16.4. The first-order chi connectivity index (χ1) is 13.9. The molecule has 0 aliphatic carbocycles. The molecule has 9 nitrogen and oxygen atoms in total. The number of nitrogens with zero attached hydrogens (tertiary/aromatic N) is 2. The van der Waals surface area contributed by atoms with Gasteiger partial charge < -0.3 is 20.3 Å². The molecule has 0 aliphatic rings. The maximum atomic E-state index is 12.2. The second kappa shape index (κ2) is 10.6. The highest BCUT2D eigenvalue weighted by Crippen LogP contribution is 2.23. The van der Waals surface area contributed by atoms with Gasteiger partial charge in [0.1, 0.15) is 11.4 Å². The predicted molar refractivity (Wildman–Crippen MR) is 110 cm³/mol. The summed E-state index contributed by atoms with van der Waals surface area (Å²) in [5, 5.41) is 16.7. The molecule has 2 rings (SSSR count). The fraction of sp³-hybridized carbons (Fsp3) is 0.300. The summed E-state index contributed by atoms with van der Waals surface area (Å²) in [6.07, 6.45) is 0.704. The van der Waals surface area contributed by atoms with Crippen molar-refractivity contribution >= 4 is 28.9 Å². The number of para-hydroxylation sites is 2. The van der Waals surface area contributed by atoms with Crippen molar-refractivity contribution in [3.63, 3.8) is 0 Å². The molecule has 2 N–H and O–H groups in total. The average Bonchev–Trinajstić information content (AvgIpc) is 2.71. The van der Waals surface area contributed by atoms with Crippen LogP contribution in [0.5, 0.6) is 5.75 Å². The van der Waals surface area contributed by atoms with Crippen molar-refractivity contribution in [2.24, 2.45) is 0 Å². The summed E-state index contributed by atoms with van der Waals surface area (Å²) in [5.41, 5.74) is 1.02. The standard InChI is InChI=1S/C20H24N4O5/c1-23(14-19(25)22-15-9-11-16(29-2)12-10-15)20(26)8-5-13-21-17-6-3-4-7-18(17)24(27)28/h3-4,6-7,9-12,21H,5,8,13-14H2,1-2H3,(H,22,25). The first-order valence-corrected chi connectivity index (χ1v) is 9.06. The Bertz CT molecular complexity index is 854. The van der Waals surface area contributed by atoms with Crippen molar-refractivity contribution < 1.29 is 19.2 Å². The Morgan fingerprint density at radius 2 is 1.83 bits per heavy atom. The zero-order valence-electron chi connectivity index (χ0n) is 16.4. The van der Waals surface area contributed by atoms with Crippen LogP contribution in [0, 0.1) is 10.1 Å². The highest BCUT2D eigenvalue weighted by Gasteiger charge is 2.14. The van der Waals surface area contributed by atoms with E-state index in [4.69, 9.17) is 4.74 Å². The van der Waals surface area contributed by atoms with Gasteiger partial charge in [-0.15, -0.1) is 0 Å². The minimum absolute atomic E-state index is 0.00820. The van der Waals surface area contributed by atoms with Crippen molar-refractivity contribution in [3.8, 4) is 5.75 Å². The van der Waals surface area contributed by atoms with Crippen LogP contribution in [0.15, 0.2) is 48.5 Å². The minimum atomic E-state index is -0.456. The molecular formula is C20H24N4O5. The quantitative estimate of drug-likeness (QED) is 0.360. The van der Waals surface area contributed by atoms with E-state index in [1.807, 2.05) is 0 Å². The monoisotopic (exact) mass is 400 g/mol. The second-order valence-corrected chi connectivity index (χ2v) is 6.33. The van der Waals surface area contributed by atoms with Gasteiger partial charge in [-0.3, -0.25) is 19.7 Å². The van der Waals surface area contributed by atoms with Crippen molar-refractivity contribution in [3.05, 3.63) is 58.6 Å². The van der Waals surface area contributed by atoms with Gasteiger partial charge in [-0.05, 0) is 36.8 Å². The minimum Gasteiger partial charge on any atom is -0.497 e. The summed E-state index contributed by atoms with van der Waals surface area (Å²) in [6, 6.07) is 13.2. The number of hydrogen-bond acceptors (Lipinski definition) is 6. The predicted octanol–water partition coefficient (Wildman–Crippen LogP) is 2.89. The third-order valence-corrected chi connectivity index (χ3v) is 4.16. The number of anilines is 2. The molecule has 29 heavy (non-hydrogen) atoms. The first kappa shape index (κ1) is 21.7. The van der Waals surface area contributed by atoms with E-state index < -0.39 is 4.92 Å². The van der Waals surface area contributed by atoms with Crippen LogP contribution >= 0.6 is 0 Å². The first-order valence-electron chi connectivity index (χ1n) is 9.06. The van der Waals surface area contributed by atoms with Gasteiger partial charge in [0.25, 0.3) is 5.69 Å². The SMILES string of the molecule is COc1ccc(NC(=O)CN(C)C(=O)CCCNc2ccccc2[N+](=O)[O-])cc1. The Kier molecular flexibility index (Phi) is 7.96. The van der Waals surface area contributed by atoms with Gasteiger partial charge >= 0.3 is 0 Å². The smallest absolute Gasteiger partial charge is 0.292 e. The fourth-order valence-electron chi connectivity index (χ4n) is 2.61. The summed E-state index contributed by atoms with van der Waals surface area (Å²) in [5.74, 6) is 0.202. The largest absolute Gasteiger partial charge is 0.497 e. The number of amides is 2. The molecule has 0 saturated heterocycles. The van der Waals surface area contributed by atoms with Crippen LogP contribution in [0.2, 0.25) is 0 Å². The van der Waals surface area contributed by atoms with Gasteiger partial charge in [0.05, 0.1) is 18.6 Å². The number of rotatable bonds is 10. The van der Waals surface area contributed by atoms with E-state index >= 15 is 0 Å².